The number of hydrogen-bond acceptors (Lipinski definition) is 2. The van der Waals surface area contributed by atoms with Gasteiger partial charge in [-0.2, -0.15) is 5.10 Å². The number of carbonyl (C=O) groups is 1. The number of aryl methyl sites for hydroxylation is 1. The van der Waals surface area contributed by atoms with Gasteiger partial charge >= 0.3 is 0 Å². The van der Waals surface area contributed by atoms with Crippen molar-refractivity contribution in [2.75, 3.05) is 5.32 Å². The maximum Gasteiger partial charge on any atom is 0.229 e. The van der Waals surface area contributed by atoms with Crippen molar-refractivity contribution in [1.29, 1.82) is 0 Å². The molecule has 0 radical (unpaired) electrons. The molecule has 0 aliphatic rings. The van der Waals surface area contributed by atoms with Gasteiger partial charge in [-0.1, -0.05) is 12.1 Å². The van der Waals surface area contributed by atoms with E-state index >= 15 is 0 Å². The van der Waals surface area contributed by atoms with Gasteiger partial charge in [-0.15, -0.1) is 0 Å². The molecule has 0 bridgehead atoms. The van der Waals surface area contributed by atoms with Crippen molar-refractivity contribution in [3.63, 3.8) is 0 Å². The zero-order valence-corrected chi connectivity index (χ0v) is 11.9. The number of rotatable bonds is 4. The van der Waals surface area contributed by atoms with Crippen molar-refractivity contribution in [2.24, 2.45) is 0 Å². The summed E-state index contributed by atoms with van der Waals surface area (Å²) in [5, 5.41) is 6.94. The number of amides is 1. The second kappa shape index (κ2) is 5.86. The molecule has 1 heterocycles. The van der Waals surface area contributed by atoms with E-state index in [1.807, 2.05) is 13.8 Å². The van der Waals surface area contributed by atoms with Crippen LogP contribution in [0.25, 0.3) is 0 Å². The van der Waals surface area contributed by atoms with Gasteiger partial charge < -0.3 is 5.32 Å². The SMILES string of the molecule is Cc1ccc(CC(=O)Nc2ccnn2C(C)C)cc1F. The lowest BCUT2D eigenvalue weighted by Crippen LogP contribution is -2.18. The number of aromatic nitrogens is 2. The highest BCUT2D eigenvalue weighted by atomic mass is 19.1. The van der Waals surface area contributed by atoms with Crippen molar-refractivity contribution in [3.8, 4) is 0 Å². The molecule has 4 nitrogen and oxygen atoms in total. The third-order valence-corrected chi connectivity index (χ3v) is 3.03. The summed E-state index contributed by atoms with van der Waals surface area (Å²) in [7, 11) is 0. The quantitative estimate of drug-likeness (QED) is 0.932. The van der Waals surface area contributed by atoms with Crippen LogP contribution in [-0.2, 0) is 11.2 Å². The van der Waals surface area contributed by atoms with Crippen LogP contribution >= 0.6 is 0 Å². The van der Waals surface area contributed by atoms with Crippen molar-refractivity contribution in [2.45, 2.75) is 33.2 Å². The number of halogens is 1. The minimum atomic E-state index is -0.289. The Kier molecular flexibility index (Phi) is 4.17. The first-order valence-corrected chi connectivity index (χ1v) is 6.55. The van der Waals surface area contributed by atoms with Crippen LogP contribution in [0.2, 0.25) is 0 Å². The molecule has 1 N–H and O–H groups in total. The molecule has 0 fully saturated rings. The van der Waals surface area contributed by atoms with Crippen LogP contribution in [-0.4, -0.2) is 15.7 Å². The number of carbonyl (C=O) groups excluding carboxylic acids is 1. The second-order valence-corrected chi connectivity index (χ2v) is 5.06. The number of anilines is 1. The fourth-order valence-corrected chi connectivity index (χ4v) is 1.94. The van der Waals surface area contributed by atoms with Gasteiger partial charge in [-0.3, -0.25) is 4.79 Å². The highest BCUT2D eigenvalue weighted by molar-refractivity contribution is 5.91. The zero-order chi connectivity index (χ0) is 14.7. The van der Waals surface area contributed by atoms with E-state index < -0.39 is 0 Å². The van der Waals surface area contributed by atoms with E-state index in [4.69, 9.17) is 0 Å². The molecule has 1 amide bonds. The van der Waals surface area contributed by atoms with Crippen LogP contribution in [0.1, 0.15) is 31.0 Å². The van der Waals surface area contributed by atoms with Gasteiger partial charge in [0.25, 0.3) is 0 Å². The molecular weight excluding hydrogens is 257 g/mol. The third-order valence-electron chi connectivity index (χ3n) is 3.03. The van der Waals surface area contributed by atoms with Crippen LogP contribution in [0.15, 0.2) is 30.5 Å². The monoisotopic (exact) mass is 275 g/mol. The molecule has 0 aliphatic carbocycles. The molecule has 0 aliphatic heterocycles. The summed E-state index contributed by atoms with van der Waals surface area (Å²) in [6, 6.07) is 6.74. The average Bonchev–Trinajstić information content (AvgIpc) is 2.82. The molecule has 0 unspecified atom stereocenters. The van der Waals surface area contributed by atoms with E-state index in [-0.39, 0.29) is 24.2 Å². The van der Waals surface area contributed by atoms with Crippen molar-refractivity contribution in [1.82, 2.24) is 9.78 Å². The van der Waals surface area contributed by atoms with Gasteiger partial charge in [-0.25, -0.2) is 9.07 Å². The maximum absolute atomic E-state index is 13.4. The molecular formula is C15H18FN3O. The summed E-state index contributed by atoms with van der Waals surface area (Å²) in [6.45, 7) is 5.66. The molecule has 1 aromatic heterocycles. The standard InChI is InChI=1S/C15H18FN3O/c1-10(2)19-14(6-7-17-19)18-15(20)9-12-5-4-11(3)13(16)8-12/h4-8,10H,9H2,1-3H3,(H,18,20). The van der Waals surface area contributed by atoms with E-state index in [1.165, 1.54) is 6.07 Å². The topological polar surface area (TPSA) is 46.9 Å². The first kappa shape index (κ1) is 14.2. The lowest BCUT2D eigenvalue weighted by Gasteiger charge is -2.11. The summed E-state index contributed by atoms with van der Waals surface area (Å²) in [5.41, 5.74) is 1.23. The van der Waals surface area contributed by atoms with Crippen molar-refractivity contribution in [3.05, 3.63) is 47.4 Å². The Labute approximate surface area is 117 Å². The van der Waals surface area contributed by atoms with Gasteiger partial charge in [0.2, 0.25) is 5.91 Å². The second-order valence-electron chi connectivity index (χ2n) is 5.06. The van der Waals surface area contributed by atoms with Gasteiger partial charge in [0.15, 0.2) is 0 Å². The lowest BCUT2D eigenvalue weighted by molar-refractivity contribution is -0.115. The Hall–Kier alpha value is -2.17. The Balaban J connectivity index is 2.05. The number of benzene rings is 1. The van der Waals surface area contributed by atoms with E-state index in [2.05, 4.69) is 10.4 Å². The predicted octanol–water partition coefficient (Wildman–Crippen LogP) is 3.09. The summed E-state index contributed by atoms with van der Waals surface area (Å²) >= 11 is 0. The molecule has 0 saturated heterocycles. The molecule has 2 rings (SSSR count). The van der Waals surface area contributed by atoms with E-state index in [0.717, 1.165) is 0 Å². The highest BCUT2D eigenvalue weighted by Gasteiger charge is 2.10. The molecule has 5 heteroatoms. The average molecular weight is 275 g/mol. The Morgan fingerprint density at radius 2 is 2.15 bits per heavy atom. The minimum absolute atomic E-state index is 0.139. The molecule has 0 spiro atoms. The van der Waals surface area contributed by atoms with Gasteiger partial charge in [-0.05, 0) is 38.0 Å². The van der Waals surface area contributed by atoms with Crippen LogP contribution in [0.5, 0.6) is 0 Å². The smallest absolute Gasteiger partial charge is 0.229 e. The molecule has 1 aromatic carbocycles. The van der Waals surface area contributed by atoms with Gasteiger partial charge in [0, 0.05) is 12.1 Å². The van der Waals surface area contributed by atoms with Crippen LogP contribution in [0, 0.1) is 12.7 Å². The largest absolute Gasteiger partial charge is 0.311 e. The van der Waals surface area contributed by atoms with Crippen LogP contribution in [0.4, 0.5) is 10.2 Å². The number of nitrogens with one attached hydrogen (secondary N) is 1. The lowest BCUT2D eigenvalue weighted by atomic mass is 10.1. The first-order chi connectivity index (χ1) is 9.47. The van der Waals surface area contributed by atoms with E-state index in [1.54, 1.807) is 36.0 Å². The minimum Gasteiger partial charge on any atom is -0.311 e. The Morgan fingerprint density at radius 1 is 1.40 bits per heavy atom. The molecule has 0 saturated carbocycles. The van der Waals surface area contributed by atoms with Gasteiger partial charge in [0.05, 0.1) is 12.6 Å². The summed E-state index contributed by atoms with van der Waals surface area (Å²) in [5.74, 6) is 0.177. The fourth-order valence-electron chi connectivity index (χ4n) is 1.94. The maximum atomic E-state index is 13.4. The molecule has 20 heavy (non-hydrogen) atoms. The summed E-state index contributed by atoms with van der Waals surface area (Å²) < 4.78 is 15.2. The Morgan fingerprint density at radius 3 is 2.80 bits per heavy atom. The number of hydrogen-bond donors (Lipinski definition) is 1. The Bertz CT molecular complexity index is 619. The normalized spacial score (nSPS) is 10.8. The molecule has 0 atom stereocenters. The number of nitrogens with zero attached hydrogens (tertiary/aromatic N) is 2. The predicted molar refractivity (Wildman–Crippen MR) is 76.1 cm³/mol. The molecule has 106 valence electrons. The van der Waals surface area contributed by atoms with E-state index in [0.29, 0.717) is 16.9 Å². The summed E-state index contributed by atoms with van der Waals surface area (Å²) in [4.78, 5) is 12.0. The van der Waals surface area contributed by atoms with Crippen LogP contribution in [0.3, 0.4) is 0 Å². The van der Waals surface area contributed by atoms with E-state index in [9.17, 15) is 9.18 Å². The molecule has 2 aromatic rings. The zero-order valence-electron chi connectivity index (χ0n) is 11.9. The first-order valence-electron chi connectivity index (χ1n) is 6.55. The summed E-state index contributed by atoms with van der Waals surface area (Å²) in [6.07, 6.45) is 1.78. The van der Waals surface area contributed by atoms with Crippen molar-refractivity contribution < 1.29 is 9.18 Å². The van der Waals surface area contributed by atoms with Crippen LogP contribution < -0.4 is 5.32 Å². The van der Waals surface area contributed by atoms with Gasteiger partial charge in [0.1, 0.15) is 11.6 Å². The fraction of sp³-hybridized carbons (Fsp3) is 0.333. The third kappa shape index (κ3) is 3.23. The van der Waals surface area contributed by atoms with Crippen molar-refractivity contribution >= 4 is 11.7 Å². The highest BCUT2D eigenvalue weighted by Crippen LogP contribution is 2.14.